The summed E-state index contributed by atoms with van der Waals surface area (Å²) in [6, 6.07) is 8.06. The van der Waals surface area contributed by atoms with Crippen LogP contribution >= 0.6 is 11.3 Å². The minimum absolute atomic E-state index is 0.0537. The number of carbonyl (C=O) groups is 1. The molecule has 1 saturated heterocycles. The van der Waals surface area contributed by atoms with Crippen molar-refractivity contribution < 1.29 is 14.6 Å². The van der Waals surface area contributed by atoms with E-state index in [9.17, 15) is 14.4 Å². The number of aliphatic carboxylic acids is 1. The highest BCUT2D eigenvalue weighted by Gasteiger charge is 2.19. The molecular weight excluding hydrogens is 456 g/mol. The van der Waals surface area contributed by atoms with Gasteiger partial charge >= 0.3 is 11.7 Å². The van der Waals surface area contributed by atoms with Gasteiger partial charge in [-0.25, -0.2) is 4.79 Å². The number of methoxy groups -OCH3 is 1. The van der Waals surface area contributed by atoms with Crippen molar-refractivity contribution in [1.29, 1.82) is 0 Å². The van der Waals surface area contributed by atoms with Crippen LogP contribution in [-0.4, -0.2) is 64.9 Å². The summed E-state index contributed by atoms with van der Waals surface area (Å²) in [6.07, 6.45) is 1.41. The van der Waals surface area contributed by atoms with Gasteiger partial charge in [-0.05, 0) is 31.5 Å². The number of nitrogens with zero attached hydrogens (tertiary/aromatic N) is 4. The minimum atomic E-state index is -0.973. The van der Waals surface area contributed by atoms with E-state index in [0.29, 0.717) is 23.9 Å². The summed E-state index contributed by atoms with van der Waals surface area (Å²) in [4.78, 5) is 41.5. The van der Waals surface area contributed by atoms with Gasteiger partial charge in [-0.15, -0.1) is 11.3 Å². The van der Waals surface area contributed by atoms with Crippen molar-refractivity contribution in [3.05, 3.63) is 55.9 Å². The number of aromatic nitrogens is 2. The Hall–Kier alpha value is -3.11. The summed E-state index contributed by atoms with van der Waals surface area (Å²) in [6.45, 7) is 5.02. The largest absolute Gasteiger partial charge is 0.495 e. The average molecular weight is 487 g/mol. The quantitative estimate of drug-likeness (QED) is 0.439. The Balaban J connectivity index is 1.33. The molecular formula is C24H30N4O5S. The van der Waals surface area contributed by atoms with Gasteiger partial charge in [0.15, 0.2) is 0 Å². The fourth-order valence-corrected chi connectivity index (χ4v) is 5.28. The molecule has 3 aromatic rings. The standard InChI is InChI=1S/C24H30N4O5S/c1-33-21-7-3-2-6-19(21)26-14-12-25(13-15-26)9-4-5-10-28-23(31)18-16-34-17-20(18)27(24(28)32)11-8-22(29)30/h2-3,6-7,16-17H,4-5,8-15H2,1H3,(H,29,30). The molecule has 0 aliphatic carbocycles. The van der Waals surface area contributed by atoms with Gasteiger partial charge in [0, 0.05) is 50.0 Å². The van der Waals surface area contributed by atoms with E-state index in [1.54, 1.807) is 17.9 Å². The molecule has 1 aliphatic heterocycles. The van der Waals surface area contributed by atoms with Crippen LogP contribution in [0.2, 0.25) is 0 Å². The number of hydrogen-bond donors (Lipinski definition) is 1. The molecule has 0 atom stereocenters. The van der Waals surface area contributed by atoms with Crippen LogP contribution < -0.4 is 20.9 Å². The Bertz CT molecular complexity index is 1260. The second-order valence-electron chi connectivity index (χ2n) is 8.41. The van der Waals surface area contributed by atoms with Crippen molar-refractivity contribution in [3.8, 4) is 5.75 Å². The van der Waals surface area contributed by atoms with Crippen LogP contribution in [0, 0.1) is 0 Å². The Morgan fingerprint density at radius 3 is 2.47 bits per heavy atom. The third-order valence-corrected chi connectivity index (χ3v) is 7.05. The van der Waals surface area contributed by atoms with E-state index in [4.69, 9.17) is 9.84 Å². The molecule has 10 heteroatoms. The van der Waals surface area contributed by atoms with Crippen LogP contribution in [0.15, 0.2) is 44.6 Å². The summed E-state index contributed by atoms with van der Waals surface area (Å²) in [5, 5.41) is 13.0. The Kier molecular flexibility index (Phi) is 7.69. The molecule has 1 fully saturated rings. The molecule has 182 valence electrons. The maximum Gasteiger partial charge on any atom is 0.331 e. The van der Waals surface area contributed by atoms with Gasteiger partial charge in [-0.2, -0.15) is 0 Å². The lowest BCUT2D eigenvalue weighted by Gasteiger charge is -2.36. The number of rotatable bonds is 10. The van der Waals surface area contributed by atoms with Crippen LogP contribution in [-0.2, 0) is 17.9 Å². The van der Waals surface area contributed by atoms with Gasteiger partial charge in [0.25, 0.3) is 5.56 Å². The number of unbranched alkanes of at least 4 members (excludes halogenated alkanes) is 1. The SMILES string of the molecule is COc1ccccc1N1CCN(CCCCn2c(=O)c3cscc3n(CCC(=O)O)c2=O)CC1. The first-order valence-electron chi connectivity index (χ1n) is 11.5. The van der Waals surface area contributed by atoms with Crippen LogP contribution in [0.5, 0.6) is 5.75 Å². The molecule has 0 unspecified atom stereocenters. The maximum atomic E-state index is 12.9. The third-order valence-electron chi connectivity index (χ3n) is 6.32. The third kappa shape index (κ3) is 5.18. The van der Waals surface area contributed by atoms with Gasteiger partial charge < -0.3 is 14.7 Å². The van der Waals surface area contributed by atoms with Gasteiger partial charge in [0.2, 0.25) is 0 Å². The molecule has 1 N–H and O–H groups in total. The van der Waals surface area contributed by atoms with Crippen molar-refractivity contribution >= 4 is 33.9 Å². The predicted molar refractivity (Wildman–Crippen MR) is 133 cm³/mol. The summed E-state index contributed by atoms with van der Waals surface area (Å²) in [5.74, 6) is -0.0863. The summed E-state index contributed by atoms with van der Waals surface area (Å²) in [7, 11) is 1.69. The normalized spacial score (nSPS) is 14.6. The second-order valence-corrected chi connectivity index (χ2v) is 9.16. The molecule has 34 heavy (non-hydrogen) atoms. The summed E-state index contributed by atoms with van der Waals surface area (Å²) in [5.41, 5.74) is 0.915. The Morgan fingerprint density at radius 2 is 1.74 bits per heavy atom. The number of hydrogen-bond acceptors (Lipinski definition) is 7. The van der Waals surface area contributed by atoms with E-state index in [-0.39, 0.29) is 18.5 Å². The zero-order valence-corrected chi connectivity index (χ0v) is 20.1. The van der Waals surface area contributed by atoms with Gasteiger partial charge in [0.05, 0.1) is 30.1 Å². The van der Waals surface area contributed by atoms with E-state index in [0.717, 1.165) is 50.6 Å². The lowest BCUT2D eigenvalue weighted by molar-refractivity contribution is -0.137. The first-order valence-corrected chi connectivity index (χ1v) is 12.5. The van der Waals surface area contributed by atoms with Crippen LogP contribution in [0.1, 0.15) is 19.3 Å². The van der Waals surface area contributed by atoms with Crippen molar-refractivity contribution in [2.24, 2.45) is 0 Å². The van der Waals surface area contributed by atoms with E-state index in [1.807, 2.05) is 18.2 Å². The number of anilines is 1. The van der Waals surface area contributed by atoms with Gasteiger partial charge in [-0.1, -0.05) is 12.1 Å². The number of aryl methyl sites for hydroxylation is 1. The second kappa shape index (κ2) is 10.9. The number of carboxylic acid groups (broad SMARTS) is 1. The van der Waals surface area contributed by atoms with Crippen LogP contribution in [0.3, 0.4) is 0 Å². The van der Waals surface area contributed by atoms with Crippen molar-refractivity contribution in [2.75, 3.05) is 44.7 Å². The first kappa shape index (κ1) is 24.0. The zero-order valence-electron chi connectivity index (χ0n) is 19.3. The highest BCUT2D eigenvalue weighted by Crippen LogP contribution is 2.28. The van der Waals surface area contributed by atoms with E-state index >= 15 is 0 Å². The molecule has 4 rings (SSSR count). The topological polar surface area (TPSA) is 97.0 Å². The summed E-state index contributed by atoms with van der Waals surface area (Å²) >= 11 is 1.34. The Labute approximate surface area is 201 Å². The molecule has 0 spiro atoms. The molecule has 1 aromatic carbocycles. The molecule has 9 nitrogen and oxygen atoms in total. The Morgan fingerprint density at radius 1 is 1.00 bits per heavy atom. The maximum absolute atomic E-state index is 12.9. The lowest BCUT2D eigenvalue weighted by atomic mass is 10.2. The number of para-hydroxylation sites is 2. The summed E-state index contributed by atoms with van der Waals surface area (Å²) < 4.78 is 8.16. The van der Waals surface area contributed by atoms with Gasteiger partial charge in [0.1, 0.15) is 5.75 Å². The van der Waals surface area contributed by atoms with Crippen molar-refractivity contribution in [1.82, 2.24) is 14.0 Å². The fourth-order valence-electron chi connectivity index (χ4n) is 4.47. The molecule has 0 saturated carbocycles. The molecule has 2 aromatic heterocycles. The molecule has 0 amide bonds. The van der Waals surface area contributed by atoms with Crippen LogP contribution in [0.4, 0.5) is 5.69 Å². The number of benzene rings is 1. The molecule has 1 aliphatic rings. The van der Waals surface area contributed by atoms with Crippen LogP contribution in [0.25, 0.3) is 10.9 Å². The molecule has 3 heterocycles. The lowest BCUT2D eigenvalue weighted by Crippen LogP contribution is -2.46. The average Bonchev–Trinajstić information content (AvgIpc) is 3.33. The minimum Gasteiger partial charge on any atom is -0.495 e. The van der Waals surface area contributed by atoms with Crippen molar-refractivity contribution in [3.63, 3.8) is 0 Å². The van der Waals surface area contributed by atoms with E-state index < -0.39 is 11.7 Å². The predicted octanol–water partition coefficient (Wildman–Crippen LogP) is 2.31. The molecule has 0 bridgehead atoms. The number of ether oxygens (including phenoxy) is 1. The zero-order chi connectivity index (χ0) is 24.1. The van der Waals surface area contributed by atoms with Crippen molar-refractivity contribution in [2.45, 2.75) is 32.4 Å². The van der Waals surface area contributed by atoms with E-state index in [2.05, 4.69) is 15.9 Å². The monoisotopic (exact) mass is 486 g/mol. The number of carboxylic acids is 1. The smallest absolute Gasteiger partial charge is 0.331 e. The van der Waals surface area contributed by atoms with Gasteiger partial charge in [-0.3, -0.25) is 23.6 Å². The molecule has 0 radical (unpaired) electrons. The highest BCUT2D eigenvalue weighted by atomic mass is 32.1. The fraction of sp³-hybridized carbons (Fsp3) is 0.458. The number of fused-ring (bicyclic) bond motifs is 1. The number of thiophene rings is 1. The highest BCUT2D eigenvalue weighted by molar-refractivity contribution is 7.09. The van der Waals surface area contributed by atoms with E-state index in [1.165, 1.54) is 20.5 Å². The number of piperazine rings is 1. The first-order chi connectivity index (χ1) is 16.5.